The first-order chi connectivity index (χ1) is 13.2. The molecule has 0 aliphatic heterocycles. The summed E-state index contributed by atoms with van der Waals surface area (Å²) in [7, 11) is -3.34. The van der Waals surface area contributed by atoms with E-state index >= 15 is 0 Å². The summed E-state index contributed by atoms with van der Waals surface area (Å²) in [6, 6.07) is 13.0. The van der Waals surface area contributed by atoms with Crippen LogP contribution in [0.5, 0.6) is 0 Å². The molecule has 0 aliphatic carbocycles. The Morgan fingerprint density at radius 1 is 1.07 bits per heavy atom. The lowest BCUT2D eigenvalue weighted by Crippen LogP contribution is -2.05. The van der Waals surface area contributed by atoms with Crippen LogP contribution >= 0.6 is 11.6 Å². The highest BCUT2D eigenvalue weighted by atomic mass is 35.5. The van der Waals surface area contributed by atoms with Crippen molar-refractivity contribution >= 4 is 33.6 Å². The van der Waals surface area contributed by atoms with Crippen LogP contribution in [0.15, 0.2) is 59.5 Å². The molecule has 6 nitrogen and oxygen atoms in total. The molecule has 0 fully saturated rings. The Kier molecular flexibility index (Phi) is 5.40. The third kappa shape index (κ3) is 3.85. The van der Waals surface area contributed by atoms with Gasteiger partial charge < -0.3 is 5.11 Å². The molecule has 1 heterocycles. The number of carboxylic acid groups (broad SMARTS) is 1. The predicted molar refractivity (Wildman–Crippen MR) is 109 cm³/mol. The molecule has 0 unspecified atom stereocenters. The van der Waals surface area contributed by atoms with E-state index in [0.29, 0.717) is 27.4 Å². The molecule has 0 radical (unpaired) electrons. The molecule has 0 saturated heterocycles. The molecule has 0 atom stereocenters. The lowest BCUT2D eigenvalue weighted by Gasteiger charge is -2.06. The van der Waals surface area contributed by atoms with E-state index < -0.39 is 15.8 Å². The highest BCUT2D eigenvalue weighted by Gasteiger charge is 2.25. The van der Waals surface area contributed by atoms with Crippen LogP contribution in [-0.4, -0.2) is 35.5 Å². The summed E-state index contributed by atoms with van der Waals surface area (Å²) in [6.45, 7) is 1.76. The van der Waals surface area contributed by atoms with Crippen LogP contribution in [0.1, 0.15) is 17.4 Å². The highest BCUT2D eigenvalue weighted by molar-refractivity contribution is 7.90. The second-order valence-electron chi connectivity index (χ2n) is 6.11. The molecule has 1 aromatic heterocycles. The fourth-order valence-corrected chi connectivity index (χ4v) is 3.60. The van der Waals surface area contributed by atoms with E-state index in [2.05, 4.69) is 5.10 Å². The SMILES string of the molecule is CC=Cn1nc(-c2ccc(S(C)(=O)=O)cc2)c(-c2ccc(Cl)cc2)c1C(=O)O. The maximum Gasteiger partial charge on any atom is 0.355 e. The maximum absolute atomic E-state index is 12.0. The molecule has 0 saturated carbocycles. The average molecular weight is 417 g/mol. The van der Waals surface area contributed by atoms with E-state index in [1.165, 1.54) is 16.8 Å². The van der Waals surface area contributed by atoms with E-state index in [4.69, 9.17) is 11.6 Å². The minimum absolute atomic E-state index is 0.00242. The molecule has 0 aliphatic rings. The lowest BCUT2D eigenvalue weighted by molar-refractivity contribution is 0.0688. The molecule has 3 rings (SSSR count). The molecule has 8 heteroatoms. The van der Waals surface area contributed by atoms with Gasteiger partial charge in [0.2, 0.25) is 0 Å². The number of halogens is 1. The van der Waals surface area contributed by atoms with E-state index in [9.17, 15) is 18.3 Å². The van der Waals surface area contributed by atoms with Gasteiger partial charge in [0, 0.05) is 28.6 Å². The van der Waals surface area contributed by atoms with Gasteiger partial charge in [0.25, 0.3) is 0 Å². The van der Waals surface area contributed by atoms with E-state index in [-0.39, 0.29) is 10.6 Å². The van der Waals surface area contributed by atoms with Crippen LogP contribution in [0.3, 0.4) is 0 Å². The zero-order valence-electron chi connectivity index (χ0n) is 15.1. The van der Waals surface area contributed by atoms with Gasteiger partial charge in [-0.05, 0) is 36.8 Å². The maximum atomic E-state index is 12.0. The van der Waals surface area contributed by atoms with Crippen molar-refractivity contribution in [1.29, 1.82) is 0 Å². The van der Waals surface area contributed by atoms with Gasteiger partial charge in [-0.3, -0.25) is 0 Å². The van der Waals surface area contributed by atoms with E-state index in [0.717, 1.165) is 6.26 Å². The lowest BCUT2D eigenvalue weighted by atomic mass is 9.99. The summed E-state index contributed by atoms with van der Waals surface area (Å²) in [5.74, 6) is -1.13. The molecule has 0 spiro atoms. The number of nitrogens with zero attached hydrogens (tertiary/aromatic N) is 2. The Labute approximate surface area is 167 Å². The van der Waals surface area contributed by atoms with Gasteiger partial charge in [0.05, 0.1) is 4.90 Å². The van der Waals surface area contributed by atoms with Gasteiger partial charge in [0.1, 0.15) is 5.69 Å². The standard InChI is InChI=1S/C20H17ClN2O4S/c1-3-12-23-19(20(24)25)17(13-4-8-15(21)9-5-13)18(22-23)14-6-10-16(11-7-14)28(2,26)27/h3-12H,1-2H3,(H,24,25). The Morgan fingerprint density at radius 3 is 2.14 bits per heavy atom. The second-order valence-corrected chi connectivity index (χ2v) is 8.56. The highest BCUT2D eigenvalue weighted by Crippen LogP contribution is 2.35. The van der Waals surface area contributed by atoms with Crippen LogP contribution in [-0.2, 0) is 9.84 Å². The first kappa shape index (κ1) is 19.9. The third-order valence-corrected chi connectivity index (χ3v) is 5.47. The van der Waals surface area contributed by atoms with Crippen molar-refractivity contribution in [3.05, 3.63) is 65.3 Å². The normalized spacial score (nSPS) is 11.8. The molecule has 0 bridgehead atoms. The number of carboxylic acids is 1. The van der Waals surface area contributed by atoms with Crippen molar-refractivity contribution in [1.82, 2.24) is 9.78 Å². The average Bonchev–Trinajstić information content (AvgIpc) is 3.01. The van der Waals surface area contributed by atoms with Crippen molar-refractivity contribution in [2.75, 3.05) is 6.26 Å². The fourth-order valence-electron chi connectivity index (χ4n) is 2.84. The van der Waals surface area contributed by atoms with Crippen LogP contribution in [0.25, 0.3) is 28.6 Å². The molecule has 0 amide bonds. The minimum Gasteiger partial charge on any atom is -0.476 e. The van der Waals surface area contributed by atoms with Crippen LogP contribution in [0.4, 0.5) is 0 Å². The topological polar surface area (TPSA) is 89.3 Å². The number of allylic oxidation sites excluding steroid dienone is 1. The van der Waals surface area contributed by atoms with Crippen molar-refractivity contribution in [3.63, 3.8) is 0 Å². The summed E-state index contributed by atoms with van der Waals surface area (Å²) < 4.78 is 24.7. The largest absolute Gasteiger partial charge is 0.476 e. The van der Waals surface area contributed by atoms with Crippen molar-refractivity contribution in [2.24, 2.45) is 0 Å². The summed E-state index contributed by atoms with van der Waals surface area (Å²) >= 11 is 5.97. The number of hydrogen-bond acceptors (Lipinski definition) is 4. The fraction of sp³-hybridized carbons (Fsp3) is 0.100. The Bertz CT molecular complexity index is 1160. The van der Waals surface area contributed by atoms with Crippen molar-refractivity contribution < 1.29 is 18.3 Å². The summed E-state index contributed by atoms with van der Waals surface area (Å²) in [5.41, 5.74) is 2.10. The van der Waals surface area contributed by atoms with E-state index in [1.54, 1.807) is 55.6 Å². The van der Waals surface area contributed by atoms with Gasteiger partial charge in [-0.15, -0.1) is 0 Å². The molecule has 3 aromatic rings. The van der Waals surface area contributed by atoms with Crippen molar-refractivity contribution in [3.8, 4) is 22.4 Å². The second kappa shape index (κ2) is 7.61. The number of aromatic carboxylic acids is 1. The number of carbonyl (C=O) groups is 1. The van der Waals surface area contributed by atoms with Crippen LogP contribution in [0.2, 0.25) is 5.02 Å². The number of sulfone groups is 1. The first-order valence-corrected chi connectivity index (χ1v) is 10.5. The van der Waals surface area contributed by atoms with Gasteiger partial charge in [0.15, 0.2) is 15.5 Å². The Morgan fingerprint density at radius 2 is 1.64 bits per heavy atom. The monoisotopic (exact) mass is 416 g/mol. The molecule has 144 valence electrons. The smallest absolute Gasteiger partial charge is 0.355 e. The summed E-state index contributed by atoms with van der Waals surface area (Å²) in [4.78, 5) is 12.2. The Balaban J connectivity index is 2.29. The first-order valence-electron chi connectivity index (χ1n) is 8.27. The Hall–Kier alpha value is -2.90. The molecular weight excluding hydrogens is 400 g/mol. The predicted octanol–water partition coefficient (Wildman–Crippen LogP) is 4.46. The minimum atomic E-state index is -3.34. The number of aromatic nitrogens is 2. The third-order valence-electron chi connectivity index (χ3n) is 4.09. The van der Waals surface area contributed by atoms with Crippen LogP contribution < -0.4 is 0 Å². The molecule has 2 aromatic carbocycles. The number of hydrogen-bond donors (Lipinski definition) is 1. The molecular formula is C20H17ClN2O4S. The van der Waals surface area contributed by atoms with Gasteiger partial charge in [-0.2, -0.15) is 5.10 Å². The van der Waals surface area contributed by atoms with Gasteiger partial charge >= 0.3 is 5.97 Å². The van der Waals surface area contributed by atoms with E-state index in [1.807, 2.05) is 0 Å². The summed E-state index contributed by atoms with van der Waals surface area (Å²) in [6.07, 6.45) is 4.36. The molecule has 28 heavy (non-hydrogen) atoms. The summed E-state index contributed by atoms with van der Waals surface area (Å²) in [5, 5.41) is 14.8. The van der Waals surface area contributed by atoms with Crippen LogP contribution in [0, 0.1) is 0 Å². The zero-order valence-corrected chi connectivity index (χ0v) is 16.7. The van der Waals surface area contributed by atoms with Crippen molar-refractivity contribution in [2.45, 2.75) is 11.8 Å². The molecule has 1 N–H and O–H groups in total. The van der Waals surface area contributed by atoms with Gasteiger partial charge in [-0.1, -0.05) is 41.9 Å². The quantitative estimate of drug-likeness (QED) is 0.663. The zero-order chi connectivity index (χ0) is 20.5. The van der Waals surface area contributed by atoms with Gasteiger partial charge in [-0.25, -0.2) is 17.9 Å². The number of benzene rings is 2. The number of rotatable bonds is 5.